The van der Waals surface area contributed by atoms with Gasteiger partial charge in [0.15, 0.2) is 0 Å². The molecule has 3 heteroatoms. The molecule has 0 aliphatic heterocycles. The van der Waals surface area contributed by atoms with E-state index in [-0.39, 0.29) is 5.82 Å². The molecule has 19 heavy (non-hydrogen) atoms. The van der Waals surface area contributed by atoms with Gasteiger partial charge in [0.05, 0.1) is 5.38 Å². The molecule has 2 rings (SSSR count). The highest BCUT2D eigenvalue weighted by atomic mass is 35.5. The lowest BCUT2D eigenvalue weighted by Crippen LogP contribution is -2.00. The van der Waals surface area contributed by atoms with E-state index < -0.39 is 5.38 Å². The normalized spacial score (nSPS) is 12.5. The van der Waals surface area contributed by atoms with Crippen LogP contribution in [0.5, 0.6) is 0 Å². The van der Waals surface area contributed by atoms with Crippen molar-refractivity contribution in [2.24, 2.45) is 0 Å². The van der Waals surface area contributed by atoms with Gasteiger partial charge in [0.2, 0.25) is 0 Å². The second kappa shape index (κ2) is 5.52. The van der Waals surface area contributed by atoms with E-state index in [1.807, 2.05) is 39.0 Å². The van der Waals surface area contributed by atoms with Crippen LogP contribution in [0.1, 0.15) is 33.2 Å². The molecule has 2 aromatic rings. The Morgan fingerprint density at radius 2 is 1.63 bits per heavy atom. The maximum atomic E-state index is 14.0. The summed E-state index contributed by atoms with van der Waals surface area (Å²) in [5.41, 5.74) is 4.19. The van der Waals surface area contributed by atoms with Crippen LogP contribution in [-0.2, 0) is 0 Å². The summed E-state index contributed by atoms with van der Waals surface area (Å²) in [5.74, 6) is -0.271. The van der Waals surface area contributed by atoms with E-state index in [0.29, 0.717) is 10.6 Å². The van der Waals surface area contributed by atoms with E-state index in [1.54, 1.807) is 6.07 Å². The number of hydrogen-bond donors (Lipinski definition) is 0. The third kappa shape index (κ3) is 2.93. The van der Waals surface area contributed by atoms with Crippen LogP contribution in [0.2, 0.25) is 5.02 Å². The summed E-state index contributed by atoms with van der Waals surface area (Å²) in [4.78, 5) is 0. The van der Waals surface area contributed by atoms with E-state index in [4.69, 9.17) is 23.2 Å². The molecule has 0 amide bonds. The quantitative estimate of drug-likeness (QED) is 0.621. The predicted octanol–water partition coefficient (Wildman–Crippen LogP) is 5.73. The molecule has 0 aliphatic carbocycles. The van der Waals surface area contributed by atoms with E-state index in [9.17, 15) is 4.39 Å². The van der Waals surface area contributed by atoms with Gasteiger partial charge in [-0.15, -0.1) is 11.6 Å². The topological polar surface area (TPSA) is 0 Å². The lowest BCUT2D eigenvalue weighted by molar-refractivity contribution is 0.611. The Balaban J connectivity index is 2.49. The SMILES string of the molecule is Cc1ccc(C(Cl)c2cc(C)c(Cl)cc2C)c(F)c1. The van der Waals surface area contributed by atoms with Crippen molar-refractivity contribution in [1.29, 1.82) is 0 Å². The van der Waals surface area contributed by atoms with Gasteiger partial charge in [-0.3, -0.25) is 0 Å². The first-order valence-corrected chi connectivity index (χ1v) is 6.88. The second-order valence-corrected chi connectivity index (χ2v) is 5.69. The molecule has 0 saturated heterocycles. The average molecular weight is 297 g/mol. The van der Waals surface area contributed by atoms with Gasteiger partial charge in [0.1, 0.15) is 5.82 Å². The maximum Gasteiger partial charge on any atom is 0.128 e. The lowest BCUT2D eigenvalue weighted by Gasteiger charge is -2.16. The molecule has 0 bridgehead atoms. The minimum absolute atomic E-state index is 0.271. The first kappa shape index (κ1) is 14.4. The zero-order valence-corrected chi connectivity index (χ0v) is 12.6. The summed E-state index contributed by atoms with van der Waals surface area (Å²) < 4.78 is 14.0. The van der Waals surface area contributed by atoms with Gasteiger partial charge in [0.25, 0.3) is 0 Å². The lowest BCUT2D eigenvalue weighted by atomic mass is 9.97. The summed E-state index contributed by atoms with van der Waals surface area (Å²) >= 11 is 12.5. The molecule has 0 nitrogen and oxygen atoms in total. The van der Waals surface area contributed by atoms with Crippen LogP contribution in [0.3, 0.4) is 0 Å². The van der Waals surface area contributed by atoms with Crippen LogP contribution in [0.4, 0.5) is 4.39 Å². The largest absolute Gasteiger partial charge is 0.207 e. The molecule has 0 aliphatic rings. The predicted molar refractivity (Wildman–Crippen MR) is 79.8 cm³/mol. The van der Waals surface area contributed by atoms with Gasteiger partial charge < -0.3 is 0 Å². The van der Waals surface area contributed by atoms with Crippen molar-refractivity contribution in [1.82, 2.24) is 0 Å². The smallest absolute Gasteiger partial charge is 0.128 e. The van der Waals surface area contributed by atoms with E-state index in [2.05, 4.69) is 0 Å². The van der Waals surface area contributed by atoms with Gasteiger partial charge in [0, 0.05) is 10.6 Å². The highest BCUT2D eigenvalue weighted by Gasteiger charge is 2.18. The van der Waals surface area contributed by atoms with Gasteiger partial charge in [-0.2, -0.15) is 0 Å². The fourth-order valence-corrected chi connectivity index (χ4v) is 2.71. The molecule has 0 fully saturated rings. The van der Waals surface area contributed by atoms with Gasteiger partial charge in [-0.1, -0.05) is 29.8 Å². The van der Waals surface area contributed by atoms with Gasteiger partial charge >= 0.3 is 0 Å². The summed E-state index contributed by atoms with van der Waals surface area (Å²) in [5, 5.41) is 0.200. The standard InChI is InChI=1S/C16H15Cl2F/c1-9-4-5-12(15(19)6-9)16(18)13-7-11(3)14(17)8-10(13)2/h4-8,16H,1-3H3. The number of alkyl halides is 1. The zero-order valence-electron chi connectivity index (χ0n) is 11.1. The fraction of sp³-hybridized carbons (Fsp3) is 0.250. The molecule has 1 atom stereocenters. The van der Waals surface area contributed by atoms with Crippen molar-refractivity contribution in [2.75, 3.05) is 0 Å². The first-order valence-electron chi connectivity index (χ1n) is 6.07. The summed E-state index contributed by atoms with van der Waals surface area (Å²) in [6, 6.07) is 8.91. The molecule has 0 radical (unpaired) electrons. The molecular weight excluding hydrogens is 282 g/mol. The Labute approximate surface area is 123 Å². The van der Waals surface area contributed by atoms with Crippen LogP contribution in [0.15, 0.2) is 30.3 Å². The third-order valence-corrected chi connectivity index (χ3v) is 4.13. The molecule has 0 heterocycles. The number of hydrogen-bond acceptors (Lipinski definition) is 0. The summed E-state index contributed by atoms with van der Waals surface area (Å²) in [6.07, 6.45) is 0. The summed E-state index contributed by atoms with van der Waals surface area (Å²) in [6.45, 7) is 5.70. The van der Waals surface area contributed by atoms with Crippen molar-refractivity contribution in [3.8, 4) is 0 Å². The maximum absolute atomic E-state index is 14.0. The second-order valence-electron chi connectivity index (χ2n) is 4.85. The van der Waals surface area contributed by atoms with E-state index in [1.165, 1.54) is 6.07 Å². The van der Waals surface area contributed by atoms with Crippen LogP contribution < -0.4 is 0 Å². The first-order chi connectivity index (χ1) is 8.90. The average Bonchev–Trinajstić information content (AvgIpc) is 2.33. The number of halogens is 3. The van der Waals surface area contributed by atoms with Crippen molar-refractivity contribution in [2.45, 2.75) is 26.1 Å². The van der Waals surface area contributed by atoms with Crippen LogP contribution in [-0.4, -0.2) is 0 Å². The fourth-order valence-electron chi connectivity index (χ4n) is 2.08. The van der Waals surface area contributed by atoms with E-state index in [0.717, 1.165) is 22.3 Å². The van der Waals surface area contributed by atoms with Crippen molar-refractivity contribution < 1.29 is 4.39 Å². The molecule has 2 aromatic carbocycles. The van der Waals surface area contributed by atoms with E-state index >= 15 is 0 Å². The van der Waals surface area contributed by atoms with Gasteiger partial charge in [-0.05, 0) is 55.2 Å². The third-order valence-electron chi connectivity index (χ3n) is 3.25. The van der Waals surface area contributed by atoms with Crippen LogP contribution >= 0.6 is 23.2 Å². The highest BCUT2D eigenvalue weighted by Crippen LogP contribution is 2.35. The number of benzene rings is 2. The zero-order chi connectivity index (χ0) is 14.2. The number of aryl methyl sites for hydroxylation is 3. The minimum Gasteiger partial charge on any atom is -0.207 e. The summed E-state index contributed by atoms with van der Waals surface area (Å²) in [7, 11) is 0. The van der Waals surface area contributed by atoms with Crippen LogP contribution in [0.25, 0.3) is 0 Å². The number of rotatable bonds is 2. The molecule has 100 valence electrons. The molecule has 1 unspecified atom stereocenters. The Morgan fingerprint density at radius 3 is 2.26 bits per heavy atom. The highest BCUT2D eigenvalue weighted by molar-refractivity contribution is 6.31. The Bertz CT molecular complexity index is 620. The molecule has 0 aromatic heterocycles. The van der Waals surface area contributed by atoms with Crippen LogP contribution in [0, 0.1) is 26.6 Å². The molecule has 0 saturated carbocycles. The van der Waals surface area contributed by atoms with Crippen molar-refractivity contribution >= 4 is 23.2 Å². The minimum atomic E-state index is -0.503. The molecule has 0 N–H and O–H groups in total. The Hall–Kier alpha value is -1.05. The Kier molecular flexibility index (Phi) is 4.17. The van der Waals surface area contributed by atoms with Crippen molar-refractivity contribution in [3.05, 3.63) is 69.0 Å². The monoisotopic (exact) mass is 296 g/mol. The molecule has 0 spiro atoms. The Morgan fingerprint density at radius 1 is 0.947 bits per heavy atom. The van der Waals surface area contributed by atoms with Gasteiger partial charge in [-0.25, -0.2) is 4.39 Å². The van der Waals surface area contributed by atoms with Crippen molar-refractivity contribution in [3.63, 3.8) is 0 Å². The molecular formula is C16H15Cl2F.